The molecule has 20 heavy (non-hydrogen) atoms. The number of rotatable bonds is 2. The molecule has 1 aromatic carbocycles. The van der Waals surface area contributed by atoms with Crippen molar-refractivity contribution < 1.29 is 18.3 Å². The predicted molar refractivity (Wildman–Crippen MR) is 67.5 cm³/mol. The van der Waals surface area contributed by atoms with Gasteiger partial charge in [-0.1, -0.05) is 24.3 Å². The SMILES string of the molecule is CC(O)c1ccc(-c2cnc(N)nc2C(F)(F)F)cc1. The van der Waals surface area contributed by atoms with Gasteiger partial charge in [-0.15, -0.1) is 0 Å². The quantitative estimate of drug-likeness (QED) is 0.889. The summed E-state index contributed by atoms with van der Waals surface area (Å²) < 4.78 is 38.8. The lowest BCUT2D eigenvalue weighted by atomic mass is 10.0. The van der Waals surface area contributed by atoms with Gasteiger partial charge in [0.15, 0.2) is 5.69 Å². The first kappa shape index (κ1) is 14.3. The number of nitrogens with two attached hydrogens (primary N) is 1. The molecule has 7 heteroatoms. The largest absolute Gasteiger partial charge is 0.434 e. The van der Waals surface area contributed by atoms with E-state index in [2.05, 4.69) is 9.97 Å². The summed E-state index contributed by atoms with van der Waals surface area (Å²) in [5, 5.41) is 9.38. The summed E-state index contributed by atoms with van der Waals surface area (Å²) in [5.74, 6) is -0.429. The van der Waals surface area contributed by atoms with Crippen molar-refractivity contribution in [3.63, 3.8) is 0 Å². The Morgan fingerprint density at radius 1 is 1.20 bits per heavy atom. The smallest absolute Gasteiger partial charge is 0.389 e. The van der Waals surface area contributed by atoms with Gasteiger partial charge in [-0.25, -0.2) is 9.97 Å². The van der Waals surface area contributed by atoms with Crippen LogP contribution in [0.2, 0.25) is 0 Å². The molecular weight excluding hydrogens is 271 g/mol. The topological polar surface area (TPSA) is 72.0 Å². The maximum Gasteiger partial charge on any atom is 0.434 e. The van der Waals surface area contributed by atoms with E-state index in [1.807, 2.05) is 0 Å². The minimum Gasteiger partial charge on any atom is -0.389 e. The monoisotopic (exact) mass is 283 g/mol. The van der Waals surface area contributed by atoms with E-state index in [1.54, 1.807) is 19.1 Å². The molecule has 0 aliphatic heterocycles. The second-order valence-electron chi connectivity index (χ2n) is 4.29. The lowest BCUT2D eigenvalue weighted by Gasteiger charge is -2.12. The first-order valence-corrected chi connectivity index (χ1v) is 5.77. The van der Waals surface area contributed by atoms with E-state index < -0.39 is 23.9 Å². The van der Waals surface area contributed by atoms with Crippen molar-refractivity contribution in [1.29, 1.82) is 0 Å². The van der Waals surface area contributed by atoms with Gasteiger partial charge in [-0.3, -0.25) is 0 Å². The van der Waals surface area contributed by atoms with Gasteiger partial charge >= 0.3 is 6.18 Å². The number of aliphatic hydroxyl groups excluding tert-OH is 1. The van der Waals surface area contributed by atoms with Crippen molar-refractivity contribution in [3.05, 3.63) is 41.7 Å². The average molecular weight is 283 g/mol. The second-order valence-corrected chi connectivity index (χ2v) is 4.29. The minimum atomic E-state index is -4.62. The van der Waals surface area contributed by atoms with Gasteiger partial charge in [0.1, 0.15) is 0 Å². The van der Waals surface area contributed by atoms with E-state index in [-0.39, 0.29) is 5.56 Å². The average Bonchev–Trinajstić information content (AvgIpc) is 2.38. The van der Waals surface area contributed by atoms with Crippen LogP contribution >= 0.6 is 0 Å². The van der Waals surface area contributed by atoms with E-state index in [9.17, 15) is 18.3 Å². The van der Waals surface area contributed by atoms with Crippen molar-refractivity contribution in [1.82, 2.24) is 9.97 Å². The molecule has 0 saturated carbocycles. The number of halogens is 3. The molecule has 2 aromatic rings. The van der Waals surface area contributed by atoms with E-state index in [1.165, 1.54) is 12.1 Å². The minimum absolute atomic E-state index is 0.149. The summed E-state index contributed by atoms with van der Waals surface area (Å²) in [6, 6.07) is 6.06. The Morgan fingerprint density at radius 2 is 1.80 bits per heavy atom. The summed E-state index contributed by atoms with van der Waals surface area (Å²) in [6.07, 6.45) is -4.26. The number of anilines is 1. The Hall–Kier alpha value is -2.15. The predicted octanol–water partition coefficient (Wildman–Crippen LogP) is 2.80. The van der Waals surface area contributed by atoms with Gasteiger partial charge in [-0.2, -0.15) is 13.2 Å². The molecule has 0 bridgehead atoms. The summed E-state index contributed by atoms with van der Waals surface area (Å²) in [4.78, 5) is 6.88. The standard InChI is InChI=1S/C13H12F3N3O/c1-7(20)8-2-4-9(5-3-8)10-6-18-12(17)19-11(10)13(14,15)16/h2-7,20H,1H3,(H2,17,18,19). The van der Waals surface area contributed by atoms with Crippen LogP contribution in [0.1, 0.15) is 24.3 Å². The molecule has 1 heterocycles. The van der Waals surface area contributed by atoms with Crippen molar-refractivity contribution in [2.45, 2.75) is 19.2 Å². The first-order valence-electron chi connectivity index (χ1n) is 5.77. The zero-order valence-corrected chi connectivity index (χ0v) is 10.5. The third-order valence-electron chi connectivity index (χ3n) is 2.78. The third-order valence-corrected chi connectivity index (χ3v) is 2.78. The van der Waals surface area contributed by atoms with Gasteiger partial charge in [0.2, 0.25) is 5.95 Å². The van der Waals surface area contributed by atoms with Gasteiger partial charge in [-0.05, 0) is 18.1 Å². The van der Waals surface area contributed by atoms with E-state index >= 15 is 0 Å². The fraction of sp³-hybridized carbons (Fsp3) is 0.231. The van der Waals surface area contributed by atoms with Crippen LogP contribution < -0.4 is 5.73 Å². The van der Waals surface area contributed by atoms with E-state index in [0.29, 0.717) is 11.1 Å². The van der Waals surface area contributed by atoms with Crippen LogP contribution in [0.5, 0.6) is 0 Å². The Kier molecular flexibility index (Phi) is 3.63. The lowest BCUT2D eigenvalue weighted by Crippen LogP contribution is -2.12. The van der Waals surface area contributed by atoms with Crippen LogP contribution in [0, 0.1) is 0 Å². The molecule has 0 amide bonds. The normalized spacial score (nSPS) is 13.2. The molecule has 0 saturated heterocycles. The van der Waals surface area contributed by atoms with E-state index in [0.717, 1.165) is 6.20 Å². The maximum absolute atomic E-state index is 12.9. The molecule has 0 fully saturated rings. The van der Waals surface area contributed by atoms with Gasteiger partial charge < -0.3 is 10.8 Å². The molecule has 1 aromatic heterocycles. The van der Waals surface area contributed by atoms with Gasteiger partial charge in [0.05, 0.1) is 6.10 Å². The molecule has 0 aliphatic rings. The Balaban J connectivity index is 2.52. The number of nitrogens with zero attached hydrogens (tertiary/aromatic N) is 2. The van der Waals surface area contributed by atoms with Crippen LogP contribution in [0.15, 0.2) is 30.5 Å². The van der Waals surface area contributed by atoms with Crippen LogP contribution in [-0.4, -0.2) is 15.1 Å². The number of hydrogen-bond acceptors (Lipinski definition) is 4. The fourth-order valence-electron chi connectivity index (χ4n) is 1.76. The lowest BCUT2D eigenvalue weighted by molar-refractivity contribution is -0.140. The van der Waals surface area contributed by atoms with E-state index in [4.69, 9.17) is 5.73 Å². The molecule has 0 spiro atoms. The Labute approximate surface area is 113 Å². The molecule has 0 aliphatic carbocycles. The van der Waals surface area contributed by atoms with Crippen molar-refractivity contribution in [2.75, 3.05) is 5.73 Å². The molecule has 2 rings (SSSR count). The van der Waals surface area contributed by atoms with Crippen LogP contribution in [0.4, 0.5) is 19.1 Å². The fourth-order valence-corrected chi connectivity index (χ4v) is 1.76. The highest BCUT2D eigenvalue weighted by Crippen LogP contribution is 2.35. The van der Waals surface area contributed by atoms with Gasteiger partial charge in [0, 0.05) is 11.8 Å². The third kappa shape index (κ3) is 2.88. The molecule has 4 nitrogen and oxygen atoms in total. The Morgan fingerprint density at radius 3 is 2.30 bits per heavy atom. The number of hydrogen-bond donors (Lipinski definition) is 2. The van der Waals surface area contributed by atoms with Crippen molar-refractivity contribution in [3.8, 4) is 11.1 Å². The number of aromatic nitrogens is 2. The molecule has 106 valence electrons. The zero-order valence-electron chi connectivity index (χ0n) is 10.5. The summed E-state index contributed by atoms with van der Waals surface area (Å²) in [6.45, 7) is 1.57. The molecule has 0 radical (unpaired) electrons. The first-order chi connectivity index (χ1) is 9.29. The molecule has 3 N–H and O–H groups in total. The highest BCUT2D eigenvalue weighted by molar-refractivity contribution is 5.66. The maximum atomic E-state index is 12.9. The van der Waals surface area contributed by atoms with Crippen LogP contribution in [0.25, 0.3) is 11.1 Å². The highest BCUT2D eigenvalue weighted by atomic mass is 19.4. The Bertz CT molecular complexity index is 609. The number of alkyl halides is 3. The molecule has 1 atom stereocenters. The van der Waals surface area contributed by atoms with Crippen molar-refractivity contribution in [2.24, 2.45) is 0 Å². The summed E-state index contributed by atoms with van der Waals surface area (Å²) in [5.41, 5.74) is 4.90. The number of benzene rings is 1. The molecule has 1 unspecified atom stereocenters. The highest BCUT2D eigenvalue weighted by Gasteiger charge is 2.36. The van der Waals surface area contributed by atoms with Crippen LogP contribution in [0.3, 0.4) is 0 Å². The summed E-state index contributed by atoms with van der Waals surface area (Å²) >= 11 is 0. The number of aliphatic hydroxyl groups is 1. The van der Waals surface area contributed by atoms with Crippen molar-refractivity contribution >= 4 is 5.95 Å². The summed E-state index contributed by atoms with van der Waals surface area (Å²) in [7, 11) is 0. The van der Waals surface area contributed by atoms with Gasteiger partial charge in [0.25, 0.3) is 0 Å². The van der Waals surface area contributed by atoms with Crippen LogP contribution in [-0.2, 0) is 6.18 Å². The second kappa shape index (κ2) is 5.09. The zero-order chi connectivity index (χ0) is 14.9. The number of nitrogen functional groups attached to an aromatic ring is 1. The molecular formula is C13H12F3N3O.